The Morgan fingerprint density at radius 1 is 1.29 bits per heavy atom. The van der Waals surface area contributed by atoms with E-state index in [9.17, 15) is 0 Å². The third kappa shape index (κ3) is 1.96. The second kappa shape index (κ2) is 4.29. The third-order valence-corrected chi connectivity index (χ3v) is 2.41. The third-order valence-electron chi connectivity index (χ3n) is 2.41. The van der Waals surface area contributed by atoms with E-state index in [2.05, 4.69) is 47.6 Å². The van der Waals surface area contributed by atoms with E-state index in [0.717, 1.165) is 19.5 Å². The first kappa shape index (κ1) is 9.28. The van der Waals surface area contributed by atoms with Crippen LogP contribution < -0.4 is 5.32 Å². The predicted octanol–water partition coefficient (Wildman–Crippen LogP) is 2.32. The van der Waals surface area contributed by atoms with Crippen molar-refractivity contribution in [3.63, 3.8) is 0 Å². The summed E-state index contributed by atoms with van der Waals surface area (Å²) in [7, 11) is 0. The van der Waals surface area contributed by atoms with Gasteiger partial charge in [0.25, 0.3) is 0 Å². The van der Waals surface area contributed by atoms with E-state index in [1.165, 1.54) is 16.6 Å². The van der Waals surface area contributed by atoms with Gasteiger partial charge < -0.3 is 10.3 Å². The molecule has 1 aromatic heterocycles. The van der Waals surface area contributed by atoms with Crippen LogP contribution in [0.4, 0.5) is 0 Å². The molecule has 2 heteroatoms. The Morgan fingerprint density at radius 2 is 2.14 bits per heavy atom. The average Bonchev–Trinajstić information content (AvgIpc) is 2.60. The van der Waals surface area contributed by atoms with Crippen LogP contribution in [0.5, 0.6) is 0 Å². The Hall–Kier alpha value is -1.28. The van der Waals surface area contributed by atoms with Crippen molar-refractivity contribution in [3.05, 3.63) is 36.0 Å². The van der Waals surface area contributed by atoms with Crippen LogP contribution in [0.15, 0.2) is 30.3 Å². The standard InChI is InChI=1S/C12H16N2/c1-2-13-8-7-11-9-10-5-3-4-6-12(10)14-11/h3-6,9,13-14H,2,7-8H2,1H3. The summed E-state index contributed by atoms with van der Waals surface area (Å²) in [5.74, 6) is 0. The van der Waals surface area contributed by atoms with Gasteiger partial charge in [-0.1, -0.05) is 25.1 Å². The summed E-state index contributed by atoms with van der Waals surface area (Å²) in [5, 5.41) is 4.63. The Kier molecular flexibility index (Phi) is 2.84. The van der Waals surface area contributed by atoms with Crippen LogP contribution in [0.25, 0.3) is 10.9 Å². The number of para-hydroxylation sites is 1. The molecule has 0 spiro atoms. The van der Waals surface area contributed by atoms with Crippen molar-refractivity contribution in [2.45, 2.75) is 13.3 Å². The molecule has 2 nitrogen and oxygen atoms in total. The van der Waals surface area contributed by atoms with Crippen LogP contribution in [0, 0.1) is 0 Å². The molecule has 1 heterocycles. The fourth-order valence-electron chi connectivity index (χ4n) is 1.67. The topological polar surface area (TPSA) is 27.8 Å². The van der Waals surface area contributed by atoms with Crippen LogP contribution in [-0.2, 0) is 6.42 Å². The second-order valence-electron chi connectivity index (χ2n) is 3.49. The van der Waals surface area contributed by atoms with Gasteiger partial charge in [-0.15, -0.1) is 0 Å². The molecule has 0 saturated carbocycles. The van der Waals surface area contributed by atoms with Crippen LogP contribution in [0.3, 0.4) is 0 Å². The zero-order valence-corrected chi connectivity index (χ0v) is 8.51. The number of H-pyrrole nitrogens is 1. The maximum atomic E-state index is 3.41. The summed E-state index contributed by atoms with van der Waals surface area (Å²) in [4.78, 5) is 3.41. The van der Waals surface area contributed by atoms with E-state index in [0.29, 0.717) is 0 Å². The van der Waals surface area contributed by atoms with E-state index in [-0.39, 0.29) is 0 Å². The largest absolute Gasteiger partial charge is 0.358 e. The molecule has 0 saturated heterocycles. The SMILES string of the molecule is CCNCCc1cc2ccccc2[nH]1. The number of rotatable bonds is 4. The highest BCUT2D eigenvalue weighted by molar-refractivity contribution is 5.80. The first-order valence-corrected chi connectivity index (χ1v) is 5.17. The fourth-order valence-corrected chi connectivity index (χ4v) is 1.67. The average molecular weight is 188 g/mol. The van der Waals surface area contributed by atoms with Gasteiger partial charge in [-0.2, -0.15) is 0 Å². The van der Waals surface area contributed by atoms with E-state index in [1.54, 1.807) is 0 Å². The molecule has 0 bridgehead atoms. The van der Waals surface area contributed by atoms with Gasteiger partial charge in [0, 0.05) is 17.8 Å². The zero-order valence-electron chi connectivity index (χ0n) is 8.51. The number of nitrogens with one attached hydrogen (secondary N) is 2. The lowest BCUT2D eigenvalue weighted by atomic mass is 10.2. The van der Waals surface area contributed by atoms with Crippen molar-refractivity contribution < 1.29 is 0 Å². The molecule has 0 radical (unpaired) electrons. The predicted molar refractivity (Wildman–Crippen MR) is 60.5 cm³/mol. The molecule has 1 aromatic carbocycles. The molecule has 2 aromatic rings. The summed E-state index contributed by atoms with van der Waals surface area (Å²) in [6.07, 6.45) is 1.07. The highest BCUT2D eigenvalue weighted by atomic mass is 14.8. The lowest BCUT2D eigenvalue weighted by molar-refractivity contribution is 0.710. The van der Waals surface area contributed by atoms with Gasteiger partial charge in [-0.25, -0.2) is 0 Å². The summed E-state index contributed by atoms with van der Waals surface area (Å²) < 4.78 is 0. The van der Waals surface area contributed by atoms with Crippen LogP contribution in [0.1, 0.15) is 12.6 Å². The van der Waals surface area contributed by atoms with Gasteiger partial charge in [-0.05, 0) is 30.5 Å². The van der Waals surface area contributed by atoms with E-state index < -0.39 is 0 Å². The summed E-state index contributed by atoms with van der Waals surface area (Å²) >= 11 is 0. The van der Waals surface area contributed by atoms with Crippen LogP contribution >= 0.6 is 0 Å². The van der Waals surface area contributed by atoms with Crippen molar-refractivity contribution in [2.24, 2.45) is 0 Å². The first-order chi connectivity index (χ1) is 6.90. The molecule has 0 aliphatic rings. The minimum atomic E-state index is 1.04. The fraction of sp³-hybridized carbons (Fsp3) is 0.333. The molecule has 0 atom stereocenters. The number of benzene rings is 1. The summed E-state index contributed by atoms with van der Waals surface area (Å²) in [6.45, 7) is 4.22. The van der Waals surface area contributed by atoms with Crippen molar-refractivity contribution in [1.29, 1.82) is 0 Å². The van der Waals surface area contributed by atoms with E-state index in [1.807, 2.05) is 0 Å². The smallest absolute Gasteiger partial charge is 0.0456 e. The van der Waals surface area contributed by atoms with Crippen LogP contribution in [0.2, 0.25) is 0 Å². The monoisotopic (exact) mass is 188 g/mol. The quantitative estimate of drug-likeness (QED) is 0.708. The molecule has 0 aliphatic carbocycles. The lowest BCUT2D eigenvalue weighted by Gasteiger charge is -1.98. The highest BCUT2D eigenvalue weighted by Crippen LogP contribution is 2.14. The van der Waals surface area contributed by atoms with Gasteiger partial charge >= 0.3 is 0 Å². The summed E-state index contributed by atoms with van der Waals surface area (Å²) in [6, 6.07) is 10.6. The Morgan fingerprint density at radius 3 is 2.93 bits per heavy atom. The van der Waals surface area contributed by atoms with Crippen molar-refractivity contribution in [1.82, 2.24) is 10.3 Å². The molecule has 0 fully saturated rings. The van der Waals surface area contributed by atoms with Crippen molar-refractivity contribution in [2.75, 3.05) is 13.1 Å². The van der Waals surface area contributed by atoms with E-state index in [4.69, 9.17) is 0 Å². The molecule has 0 unspecified atom stereocenters. The number of likely N-dealkylation sites (N-methyl/N-ethyl adjacent to an activating group) is 1. The molecule has 74 valence electrons. The van der Waals surface area contributed by atoms with Gasteiger partial charge in [0.05, 0.1) is 0 Å². The molecular weight excluding hydrogens is 172 g/mol. The summed E-state index contributed by atoms with van der Waals surface area (Å²) in [5.41, 5.74) is 2.55. The second-order valence-corrected chi connectivity index (χ2v) is 3.49. The van der Waals surface area contributed by atoms with Gasteiger partial charge in [-0.3, -0.25) is 0 Å². The Bertz CT molecular complexity index is 370. The normalized spacial score (nSPS) is 10.9. The maximum absolute atomic E-state index is 3.41. The van der Waals surface area contributed by atoms with E-state index >= 15 is 0 Å². The zero-order chi connectivity index (χ0) is 9.80. The maximum Gasteiger partial charge on any atom is 0.0456 e. The Balaban J connectivity index is 2.11. The number of hydrogen-bond acceptors (Lipinski definition) is 1. The van der Waals surface area contributed by atoms with Gasteiger partial charge in [0.1, 0.15) is 0 Å². The number of hydrogen-bond donors (Lipinski definition) is 2. The lowest BCUT2D eigenvalue weighted by Crippen LogP contribution is -2.16. The number of aromatic nitrogens is 1. The van der Waals surface area contributed by atoms with Crippen molar-refractivity contribution in [3.8, 4) is 0 Å². The molecule has 0 amide bonds. The molecule has 2 N–H and O–H groups in total. The molecule has 14 heavy (non-hydrogen) atoms. The minimum absolute atomic E-state index is 1.04. The molecule has 2 rings (SSSR count). The number of aromatic amines is 1. The van der Waals surface area contributed by atoms with Crippen LogP contribution in [-0.4, -0.2) is 18.1 Å². The number of fused-ring (bicyclic) bond motifs is 1. The Labute approximate surface area is 84.3 Å². The van der Waals surface area contributed by atoms with Gasteiger partial charge in [0.2, 0.25) is 0 Å². The molecule has 0 aliphatic heterocycles. The minimum Gasteiger partial charge on any atom is -0.358 e. The van der Waals surface area contributed by atoms with Crippen molar-refractivity contribution >= 4 is 10.9 Å². The molecular formula is C12H16N2. The highest BCUT2D eigenvalue weighted by Gasteiger charge is 1.98. The van der Waals surface area contributed by atoms with Gasteiger partial charge in [0.15, 0.2) is 0 Å². The first-order valence-electron chi connectivity index (χ1n) is 5.17.